The van der Waals surface area contributed by atoms with Crippen molar-refractivity contribution in [1.82, 2.24) is 9.55 Å². The van der Waals surface area contributed by atoms with Crippen LogP contribution >= 0.6 is 11.8 Å². The van der Waals surface area contributed by atoms with E-state index in [0.29, 0.717) is 21.8 Å². The number of aromatic nitrogens is 2. The zero-order chi connectivity index (χ0) is 18.8. The highest BCUT2D eigenvalue weighted by Gasteiger charge is 2.14. The molecule has 27 heavy (non-hydrogen) atoms. The summed E-state index contributed by atoms with van der Waals surface area (Å²) in [5.74, 6) is -0.254. The lowest BCUT2D eigenvalue weighted by Gasteiger charge is -2.12. The zero-order valence-electron chi connectivity index (χ0n) is 14.1. The van der Waals surface area contributed by atoms with Gasteiger partial charge in [-0.05, 0) is 42.5 Å². The highest BCUT2D eigenvalue weighted by Crippen LogP contribution is 2.24. The van der Waals surface area contributed by atoms with Crippen LogP contribution in [0.4, 0.5) is 8.78 Å². The topological polar surface area (TPSA) is 48.0 Å². The van der Waals surface area contributed by atoms with Gasteiger partial charge in [0, 0.05) is 11.3 Å². The van der Waals surface area contributed by atoms with E-state index in [0.717, 1.165) is 18.2 Å². The van der Waals surface area contributed by atoms with Crippen molar-refractivity contribution >= 4 is 22.7 Å². The Morgan fingerprint density at radius 3 is 2.74 bits per heavy atom. The van der Waals surface area contributed by atoms with Crippen molar-refractivity contribution in [3.63, 3.8) is 0 Å². The standard InChI is InChI=1S/C20H14F2N2O2S/c21-14-7-8-17(22)13(10-14)12-27-20-23-18-6-2-1-5-16(18)19(25)24(20)11-15-4-3-9-26-15/h1-10H,11-12H2. The monoisotopic (exact) mass is 384 g/mol. The molecule has 2 aromatic carbocycles. The molecule has 0 aliphatic rings. The van der Waals surface area contributed by atoms with Gasteiger partial charge in [-0.3, -0.25) is 9.36 Å². The number of nitrogens with zero attached hydrogens (tertiary/aromatic N) is 2. The number of halogens is 2. The van der Waals surface area contributed by atoms with Crippen molar-refractivity contribution in [2.75, 3.05) is 0 Å². The minimum absolute atomic E-state index is 0.145. The Kier molecular flexibility index (Phi) is 4.77. The SMILES string of the molecule is O=c1c2ccccc2nc(SCc2cc(F)ccc2F)n1Cc1ccco1. The molecule has 0 radical (unpaired) electrons. The van der Waals surface area contributed by atoms with Crippen LogP contribution < -0.4 is 5.56 Å². The number of fused-ring (bicyclic) bond motifs is 1. The van der Waals surface area contributed by atoms with Gasteiger partial charge in [0.1, 0.15) is 17.4 Å². The molecule has 0 amide bonds. The number of benzene rings is 2. The molecule has 7 heteroatoms. The largest absolute Gasteiger partial charge is 0.467 e. The maximum atomic E-state index is 13.9. The minimum atomic E-state index is -0.508. The van der Waals surface area contributed by atoms with Crippen molar-refractivity contribution in [2.24, 2.45) is 0 Å². The Bertz CT molecular complexity index is 1160. The minimum Gasteiger partial charge on any atom is -0.467 e. The van der Waals surface area contributed by atoms with Crippen LogP contribution in [0.5, 0.6) is 0 Å². The Hall–Kier alpha value is -2.93. The predicted molar refractivity (Wildman–Crippen MR) is 99.7 cm³/mol. The molecular formula is C20H14F2N2O2S. The fourth-order valence-electron chi connectivity index (χ4n) is 2.75. The molecule has 2 aromatic heterocycles. The first-order valence-electron chi connectivity index (χ1n) is 8.20. The summed E-state index contributed by atoms with van der Waals surface area (Å²) in [6.45, 7) is 0.206. The molecule has 4 rings (SSSR count). The molecule has 0 unspecified atom stereocenters. The molecule has 0 saturated heterocycles. The molecule has 0 aliphatic heterocycles. The molecule has 0 bridgehead atoms. The molecule has 0 aliphatic carbocycles. The summed E-state index contributed by atoms with van der Waals surface area (Å²) in [5, 5.41) is 0.907. The molecule has 0 spiro atoms. The van der Waals surface area contributed by atoms with Gasteiger partial charge in [0.15, 0.2) is 5.16 Å². The summed E-state index contributed by atoms with van der Waals surface area (Å²) in [4.78, 5) is 17.5. The highest BCUT2D eigenvalue weighted by molar-refractivity contribution is 7.98. The Morgan fingerprint density at radius 1 is 1.07 bits per heavy atom. The summed E-state index contributed by atoms with van der Waals surface area (Å²) in [7, 11) is 0. The second kappa shape index (κ2) is 7.36. The number of para-hydroxylation sites is 1. The second-order valence-electron chi connectivity index (χ2n) is 5.91. The number of hydrogen-bond acceptors (Lipinski definition) is 4. The maximum absolute atomic E-state index is 13.9. The van der Waals surface area contributed by atoms with E-state index in [9.17, 15) is 13.6 Å². The fourth-order valence-corrected chi connectivity index (χ4v) is 3.72. The van der Waals surface area contributed by atoms with Crippen LogP contribution in [-0.4, -0.2) is 9.55 Å². The van der Waals surface area contributed by atoms with Gasteiger partial charge in [-0.15, -0.1) is 0 Å². The Labute approximate surface area is 157 Å². The average Bonchev–Trinajstić information content (AvgIpc) is 3.18. The van der Waals surface area contributed by atoms with Gasteiger partial charge in [0.25, 0.3) is 5.56 Å². The number of thioether (sulfide) groups is 1. The summed E-state index contributed by atoms with van der Waals surface area (Å²) < 4.78 is 34.2. The van der Waals surface area contributed by atoms with E-state index in [4.69, 9.17) is 4.42 Å². The van der Waals surface area contributed by atoms with Crippen molar-refractivity contribution in [3.05, 3.63) is 94.2 Å². The Balaban J connectivity index is 1.75. The number of furan rings is 1. The fraction of sp³-hybridized carbons (Fsp3) is 0.100. The third kappa shape index (κ3) is 3.64. The normalized spacial score (nSPS) is 11.2. The summed E-state index contributed by atoms with van der Waals surface area (Å²) in [6, 6.07) is 13.9. The molecule has 4 aromatic rings. The van der Waals surface area contributed by atoms with E-state index in [1.165, 1.54) is 22.6 Å². The van der Waals surface area contributed by atoms with Crippen molar-refractivity contribution in [2.45, 2.75) is 17.5 Å². The van der Waals surface area contributed by atoms with Crippen LogP contribution in [0.1, 0.15) is 11.3 Å². The zero-order valence-corrected chi connectivity index (χ0v) is 14.9. The summed E-state index contributed by atoms with van der Waals surface area (Å²) in [5.41, 5.74) is 0.562. The van der Waals surface area contributed by atoms with Crippen LogP contribution in [0.3, 0.4) is 0 Å². The quantitative estimate of drug-likeness (QED) is 0.372. The van der Waals surface area contributed by atoms with E-state index in [1.807, 2.05) is 0 Å². The lowest BCUT2D eigenvalue weighted by molar-refractivity contribution is 0.476. The summed E-state index contributed by atoms with van der Waals surface area (Å²) in [6.07, 6.45) is 1.53. The number of hydrogen-bond donors (Lipinski definition) is 0. The van der Waals surface area contributed by atoms with Crippen molar-refractivity contribution in [1.29, 1.82) is 0 Å². The smallest absolute Gasteiger partial charge is 0.262 e. The molecule has 0 N–H and O–H groups in total. The lowest BCUT2D eigenvalue weighted by Crippen LogP contribution is -2.23. The maximum Gasteiger partial charge on any atom is 0.262 e. The van der Waals surface area contributed by atoms with Crippen molar-refractivity contribution in [3.8, 4) is 0 Å². The molecule has 4 nitrogen and oxygen atoms in total. The third-order valence-corrected chi connectivity index (χ3v) is 5.11. The number of rotatable bonds is 5. The molecule has 0 fully saturated rings. The third-order valence-electron chi connectivity index (χ3n) is 4.09. The van der Waals surface area contributed by atoms with Gasteiger partial charge >= 0.3 is 0 Å². The van der Waals surface area contributed by atoms with E-state index in [2.05, 4.69) is 4.98 Å². The van der Waals surface area contributed by atoms with Gasteiger partial charge in [0.2, 0.25) is 0 Å². The van der Waals surface area contributed by atoms with Crippen LogP contribution in [0, 0.1) is 11.6 Å². The van der Waals surface area contributed by atoms with Gasteiger partial charge in [-0.2, -0.15) is 0 Å². The van der Waals surface area contributed by atoms with E-state index >= 15 is 0 Å². The average molecular weight is 384 g/mol. The first-order chi connectivity index (χ1) is 13.1. The first-order valence-corrected chi connectivity index (χ1v) is 9.19. The van der Waals surface area contributed by atoms with Crippen LogP contribution in [0.15, 0.2) is 75.2 Å². The van der Waals surface area contributed by atoms with Crippen LogP contribution in [-0.2, 0) is 12.3 Å². The molecular weight excluding hydrogens is 370 g/mol. The van der Waals surface area contributed by atoms with E-state index < -0.39 is 11.6 Å². The van der Waals surface area contributed by atoms with E-state index in [-0.39, 0.29) is 23.4 Å². The molecule has 0 atom stereocenters. The van der Waals surface area contributed by atoms with Crippen LogP contribution in [0.2, 0.25) is 0 Å². The van der Waals surface area contributed by atoms with Gasteiger partial charge in [-0.25, -0.2) is 13.8 Å². The second-order valence-corrected chi connectivity index (χ2v) is 6.85. The first kappa shape index (κ1) is 17.5. The molecule has 2 heterocycles. The van der Waals surface area contributed by atoms with Crippen molar-refractivity contribution < 1.29 is 13.2 Å². The van der Waals surface area contributed by atoms with Gasteiger partial charge < -0.3 is 4.42 Å². The highest BCUT2D eigenvalue weighted by atomic mass is 32.2. The Morgan fingerprint density at radius 2 is 1.93 bits per heavy atom. The lowest BCUT2D eigenvalue weighted by atomic mass is 10.2. The van der Waals surface area contributed by atoms with E-state index in [1.54, 1.807) is 36.4 Å². The molecule has 136 valence electrons. The van der Waals surface area contributed by atoms with Gasteiger partial charge in [-0.1, -0.05) is 23.9 Å². The van der Waals surface area contributed by atoms with Gasteiger partial charge in [0.05, 0.1) is 23.7 Å². The van der Waals surface area contributed by atoms with Crippen LogP contribution in [0.25, 0.3) is 10.9 Å². The predicted octanol–water partition coefficient (Wildman–Crippen LogP) is 4.61. The molecule has 0 saturated carbocycles. The summed E-state index contributed by atoms with van der Waals surface area (Å²) >= 11 is 1.18.